The number of aliphatic hydroxyl groups is 2. The van der Waals surface area contributed by atoms with E-state index in [-0.39, 0.29) is 24.5 Å². The molecule has 1 aliphatic heterocycles. The number of carbonyl (C=O) groups is 2. The number of methoxy groups -OCH3 is 4. The van der Waals surface area contributed by atoms with Crippen LogP contribution in [0.1, 0.15) is 43.5 Å². The molecule has 0 radical (unpaired) electrons. The van der Waals surface area contributed by atoms with Gasteiger partial charge >= 0.3 is 11.9 Å². The van der Waals surface area contributed by atoms with Crippen molar-refractivity contribution in [1.29, 1.82) is 0 Å². The summed E-state index contributed by atoms with van der Waals surface area (Å²) in [6, 6.07) is 8.37. The molecule has 0 amide bonds. The van der Waals surface area contributed by atoms with Crippen molar-refractivity contribution in [1.82, 2.24) is 4.90 Å². The van der Waals surface area contributed by atoms with Crippen molar-refractivity contribution in [2.75, 3.05) is 41.5 Å². The predicted molar refractivity (Wildman–Crippen MR) is 155 cm³/mol. The fourth-order valence-electron chi connectivity index (χ4n) is 11.9. The van der Waals surface area contributed by atoms with Crippen LogP contribution in [-0.2, 0) is 33.2 Å². The molecular formula is C33H45NO10. The van der Waals surface area contributed by atoms with E-state index in [1.165, 1.54) is 14.0 Å². The molecule has 1 aromatic carbocycles. The Hall–Kier alpha value is -2.12. The maximum Gasteiger partial charge on any atom is 0.338 e. The second-order valence-corrected chi connectivity index (χ2v) is 13.8. The maximum absolute atomic E-state index is 13.7. The van der Waals surface area contributed by atoms with Crippen molar-refractivity contribution in [2.45, 2.75) is 86.5 Å². The summed E-state index contributed by atoms with van der Waals surface area (Å²) in [6.07, 6.45) is -2.91. The van der Waals surface area contributed by atoms with E-state index in [1.54, 1.807) is 45.6 Å². The molecule has 6 fully saturated rings. The second kappa shape index (κ2) is 10.2. The van der Waals surface area contributed by atoms with E-state index in [0.29, 0.717) is 18.7 Å². The van der Waals surface area contributed by atoms with Gasteiger partial charge < -0.3 is 38.6 Å². The topological polar surface area (TPSA) is 133 Å². The number of carbonyl (C=O) groups excluding carboxylic acids is 2. The summed E-state index contributed by atoms with van der Waals surface area (Å²) in [5.41, 5.74) is -4.28. The van der Waals surface area contributed by atoms with Gasteiger partial charge in [-0.3, -0.25) is 9.69 Å². The highest BCUT2D eigenvalue weighted by molar-refractivity contribution is 5.89. The van der Waals surface area contributed by atoms with Crippen molar-refractivity contribution in [3.63, 3.8) is 0 Å². The van der Waals surface area contributed by atoms with E-state index in [0.717, 1.165) is 12.8 Å². The van der Waals surface area contributed by atoms with Crippen LogP contribution in [0, 0.1) is 29.1 Å². The minimum absolute atomic E-state index is 0.149. The van der Waals surface area contributed by atoms with Gasteiger partial charge in [-0.25, -0.2) is 4.79 Å². The first kappa shape index (κ1) is 30.5. The SMILES string of the molecule is CCN1C[C@]2(OC)CCC(OC)C34C5C[C@@]6(O)C(OC(=O)c7ccccc7)C5[C@@](OC(C)=O)(C(C(OC)C32)C14)C(O)[C@@H]6OC. The van der Waals surface area contributed by atoms with Gasteiger partial charge in [0.1, 0.15) is 23.9 Å². The minimum Gasteiger partial charge on any atom is -0.455 e. The molecule has 242 valence electrons. The number of benzene rings is 1. The van der Waals surface area contributed by atoms with Gasteiger partial charge in [-0.05, 0) is 43.9 Å². The molecule has 5 aliphatic carbocycles. The van der Waals surface area contributed by atoms with E-state index in [4.69, 9.17) is 28.4 Å². The van der Waals surface area contributed by atoms with Gasteiger partial charge in [-0.1, -0.05) is 25.1 Å². The Bertz CT molecular complexity index is 1310. The van der Waals surface area contributed by atoms with Gasteiger partial charge in [0.15, 0.2) is 5.60 Å². The molecular weight excluding hydrogens is 570 g/mol. The lowest BCUT2D eigenvalue weighted by Crippen LogP contribution is -2.81. The maximum atomic E-state index is 13.7. The van der Waals surface area contributed by atoms with Crippen LogP contribution in [0.3, 0.4) is 0 Å². The minimum atomic E-state index is -1.77. The summed E-state index contributed by atoms with van der Waals surface area (Å²) in [5.74, 6) is -3.13. The molecule has 2 N–H and O–H groups in total. The number of likely N-dealkylation sites (tertiary alicyclic amines) is 1. The van der Waals surface area contributed by atoms with Crippen molar-refractivity contribution >= 4 is 11.9 Å². The molecule has 1 spiro atoms. The fraction of sp³-hybridized carbons (Fsp3) is 0.758. The molecule has 14 atom stereocenters. The molecule has 1 saturated heterocycles. The monoisotopic (exact) mass is 615 g/mol. The quantitative estimate of drug-likeness (QED) is 0.412. The van der Waals surface area contributed by atoms with E-state index in [1.807, 2.05) is 6.07 Å². The van der Waals surface area contributed by atoms with Gasteiger partial charge in [0.05, 0.1) is 23.4 Å². The van der Waals surface area contributed by atoms with Crippen molar-refractivity contribution < 1.29 is 48.2 Å². The largest absolute Gasteiger partial charge is 0.455 e. The lowest BCUT2D eigenvalue weighted by molar-refractivity contribution is -0.320. The Balaban J connectivity index is 1.52. The normalized spacial score (nSPS) is 49.9. The summed E-state index contributed by atoms with van der Waals surface area (Å²) >= 11 is 0. The zero-order valence-corrected chi connectivity index (χ0v) is 26.3. The smallest absolute Gasteiger partial charge is 0.338 e. The van der Waals surface area contributed by atoms with Gasteiger partial charge in [0.2, 0.25) is 0 Å². The van der Waals surface area contributed by atoms with Crippen LogP contribution in [0.2, 0.25) is 0 Å². The number of piperidine rings is 1. The van der Waals surface area contributed by atoms with Crippen LogP contribution in [-0.4, -0.2) is 122 Å². The van der Waals surface area contributed by atoms with E-state index >= 15 is 0 Å². The zero-order valence-electron chi connectivity index (χ0n) is 26.3. The molecule has 5 saturated carbocycles. The third kappa shape index (κ3) is 3.36. The van der Waals surface area contributed by atoms with Gasteiger partial charge in [0.25, 0.3) is 0 Å². The Morgan fingerprint density at radius 2 is 1.75 bits per heavy atom. The summed E-state index contributed by atoms with van der Waals surface area (Å²) in [4.78, 5) is 29.3. The van der Waals surface area contributed by atoms with Gasteiger partial charge in [-0.15, -0.1) is 0 Å². The summed E-state index contributed by atoms with van der Waals surface area (Å²) in [6.45, 7) is 4.76. The summed E-state index contributed by atoms with van der Waals surface area (Å²) in [7, 11) is 6.56. The van der Waals surface area contributed by atoms with Crippen LogP contribution < -0.4 is 0 Å². The number of hydrogen-bond donors (Lipinski definition) is 2. The lowest BCUT2D eigenvalue weighted by atomic mass is 9.45. The number of esters is 2. The first-order chi connectivity index (χ1) is 21.1. The molecule has 11 heteroatoms. The van der Waals surface area contributed by atoms with Gasteiger partial charge in [-0.2, -0.15) is 0 Å². The number of nitrogens with zero attached hydrogens (tertiary/aromatic N) is 1. The molecule has 0 aromatic heterocycles. The predicted octanol–water partition coefficient (Wildman–Crippen LogP) is 1.43. The second-order valence-electron chi connectivity index (χ2n) is 13.8. The zero-order chi connectivity index (χ0) is 31.4. The third-order valence-electron chi connectivity index (χ3n) is 12.8. The van der Waals surface area contributed by atoms with Crippen LogP contribution in [0.4, 0.5) is 0 Å². The molecule has 11 nitrogen and oxygen atoms in total. The Morgan fingerprint density at radius 3 is 2.34 bits per heavy atom. The third-order valence-corrected chi connectivity index (χ3v) is 12.8. The summed E-state index contributed by atoms with van der Waals surface area (Å²) < 4.78 is 38.1. The number of rotatable bonds is 8. The number of ether oxygens (including phenoxy) is 6. The molecule has 7 rings (SSSR count). The molecule has 10 unspecified atom stereocenters. The Labute approximate surface area is 258 Å². The fourth-order valence-corrected chi connectivity index (χ4v) is 11.9. The van der Waals surface area contributed by atoms with Crippen LogP contribution in [0.5, 0.6) is 0 Å². The Morgan fingerprint density at radius 1 is 1.02 bits per heavy atom. The summed E-state index contributed by atoms with van der Waals surface area (Å²) in [5, 5.41) is 25.1. The number of aliphatic hydroxyl groups excluding tert-OH is 1. The molecule has 1 heterocycles. The number of fused-ring (bicyclic) bond motifs is 2. The molecule has 44 heavy (non-hydrogen) atoms. The highest BCUT2D eigenvalue weighted by atomic mass is 16.6. The van der Waals surface area contributed by atoms with Crippen LogP contribution in [0.15, 0.2) is 30.3 Å². The average molecular weight is 616 g/mol. The standard InChI is InChI=1S/C33H45NO10/c1-7-34-16-30(42-6)14-13-20(39-3)32-19-15-31(38)27(43-29(37)18-11-9-8-10-12-18)21(19)33(44-17(2)35,26(36)28(31)41-5)22(25(32)34)23(40-4)24(30)32/h8-12,19-28,36,38H,7,13-16H2,1-6H3/t19?,20?,21?,22?,23?,24?,25?,26?,27?,28-,30+,31+,32?,33+/m0/s1. The number of likely N-dealkylation sites (N-methyl/N-ethyl adjacent to an activating group) is 1. The molecule has 1 aromatic rings. The number of hydrogen-bond acceptors (Lipinski definition) is 11. The first-order valence-electron chi connectivity index (χ1n) is 15.8. The first-order valence-corrected chi connectivity index (χ1v) is 15.8. The van der Waals surface area contributed by atoms with Crippen LogP contribution >= 0.6 is 0 Å². The van der Waals surface area contributed by atoms with Crippen molar-refractivity contribution in [3.8, 4) is 0 Å². The van der Waals surface area contributed by atoms with E-state index in [2.05, 4.69) is 11.8 Å². The van der Waals surface area contributed by atoms with Crippen molar-refractivity contribution in [3.05, 3.63) is 35.9 Å². The van der Waals surface area contributed by atoms with Crippen molar-refractivity contribution in [2.24, 2.45) is 29.1 Å². The molecule has 7 bridgehead atoms. The molecule has 6 aliphatic rings. The van der Waals surface area contributed by atoms with E-state index < -0.39 is 76.3 Å². The highest BCUT2D eigenvalue weighted by Crippen LogP contribution is 2.79. The Kier molecular flexibility index (Phi) is 7.07. The average Bonchev–Trinajstić information content (AvgIpc) is 3.39. The van der Waals surface area contributed by atoms with Crippen LogP contribution in [0.25, 0.3) is 0 Å². The van der Waals surface area contributed by atoms with E-state index in [9.17, 15) is 19.8 Å². The lowest BCUT2D eigenvalue weighted by Gasteiger charge is -2.69. The van der Waals surface area contributed by atoms with Gasteiger partial charge in [0, 0.05) is 71.1 Å². The highest BCUT2D eigenvalue weighted by Gasteiger charge is 2.91.